The van der Waals surface area contributed by atoms with Crippen LogP contribution in [0.15, 0.2) is 96.7 Å². The quantitative estimate of drug-likeness (QED) is 0.373. The van der Waals surface area contributed by atoms with E-state index in [0.29, 0.717) is 16.1 Å². The van der Waals surface area contributed by atoms with Crippen LogP contribution < -0.4 is 5.32 Å². The maximum atomic E-state index is 13.5. The monoisotopic (exact) mass is 456 g/mol. The molecule has 0 fully saturated rings. The fourth-order valence-electron chi connectivity index (χ4n) is 3.96. The van der Waals surface area contributed by atoms with Crippen LogP contribution in [0.4, 0.5) is 10.1 Å². The van der Waals surface area contributed by atoms with Gasteiger partial charge in [0, 0.05) is 16.1 Å². The summed E-state index contributed by atoms with van der Waals surface area (Å²) in [4.78, 5) is 28.1. The molecular formula is C27H18ClFN2O2. The Hall–Kier alpha value is -3.96. The molecule has 1 N–H and O–H groups in total. The molecule has 33 heavy (non-hydrogen) atoms. The summed E-state index contributed by atoms with van der Waals surface area (Å²) in [5.41, 5.74) is 2.42. The third-order valence-corrected chi connectivity index (χ3v) is 5.86. The Kier molecular flexibility index (Phi) is 5.40. The smallest absolute Gasteiger partial charge is 0.278 e. The summed E-state index contributed by atoms with van der Waals surface area (Å²) in [5, 5.41) is 5.70. The molecular weight excluding hydrogens is 439 g/mol. The average molecular weight is 457 g/mol. The fourth-order valence-corrected chi connectivity index (χ4v) is 4.09. The largest absolute Gasteiger partial charge is 0.350 e. The molecule has 1 aliphatic heterocycles. The SMILES string of the molecule is O=C1C(Nc2cccc3ccccc23)=C(c2ccc(Cl)cc2)C(=O)N1Cc1ccc(F)cc1. The van der Waals surface area contributed by atoms with Gasteiger partial charge in [-0.15, -0.1) is 0 Å². The van der Waals surface area contributed by atoms with E-state index in [9.17, 15) is 14.0 Å². The van der Waals surface area contributed by atoms with Gasteiger partial charge < -0.3 is 5.32 Å². The number of carbonyl (C=O) groups excluding carboxylic acids is 2. The number of nitrogens with zero attached hydrogens (tertiary/aromatic N) is 1. The van der Waals surface area contributed by atoms with Gasteiger partial charge >= 0.3 is 0 Å². The summed E-state index contributed by atoms with van der Waals surface area (Å²) in [5.74, 6) is -1.24. The molecule has 1 heterocycles. The van der Waals surface area contributed by atoms with Gasteiger partial charge in [0.1, 0.15) is 11.5 Å². The number of anilines is 1. The predicted molar refractivity (Wildman–Crippen MR) is 128 cm³/mol. The number of nitrogens with one attached hydrogen (secondary N) is 1. The van der Waals surface area contributed by atoms with Crippen LogP contribution in [0.5, 0.6) is 0 Å². The van der Waals surface area contributed by atoms with Crippen molar-refractivity contribution in [1.29, 1.82) is 0 Å². The Morgan fingerprint density at radius 1 is 0.788 bits per heavy atom. The van der Waals surface area contributed by atoms with E-state index in [-0.39, 0.29) is 23.6 Å². The van der Waals surface area contributed by atoms with E-state index in [2.05, 4.69) is 5.32 Å². The highest BCUT2D eigenvalue weighted by Crippen LogP contribution is 2.34. The fraction of sp³-hybridized carbons (Fsp3) is 0.0370. The molecule has 0 aliphatic carbocycles. The van der Waals surface area contributed by atoms with Crippen molar-refractivity contribution in [3.63, 3.8) is 0 Å². The molecule has 1 aliphatic rings. The van der Waals surface area contributed by atoms with E-state index in [1.165, 1.54) is 17.0 Å². The van der Waals surface area contributed by atoms with Crippen LogP contribution in [0.2, 0.25) is 5.02 Å². The van der Waals surface area contributed by atoms with Crippen molar-refractivity contribution in [1.82, 2.24) is 4.90 Å². The van der Waals surface area contributed by atoms with Crippen LogP contribution in [-0.2, 0) is 16.1 Å². The minimum atomic E-state index is -0.442. The number of hydrogen-bond donors (Lipinski definition) is 1. The Bertz CT molecular complexity index is 1410. The summed E-state index contributed by atoms with van der Waals surface area (Å²) in [6.07, 6.45) is 0. The zero-order chi connectivity index (χ0) is 22.9. The van der Waals surface area contributed by atoms with Gasteiger partial charge in [0.15, 0.2) is 0 Å². The lowest BCUT2D eigenvalue weighted by molar-refractivity contribution is -0.137. The number of rotatable bonds is 5. The van der Waals surface area contributed by atoms with Crippen LogP contribution in [0.3, 0.4) is 0 Å². The van der Waals surface area contributed by atoms with Crippen LogP contribution in [0, 0.1) is 5.82 Å². The minimum absolute atomic E-state index is 0.0375. The lowest BCUT2D eigenvalue weighted by Gasteiger charge is -2.16. The van der Waals surface area contributed by atoms with E-state index < -0.39 is 11.8 Å². The van der Waals surface area contributed by atoms with Crippen molar-refractivity contribution in [3.8, 4) is 0 Å². The lowest BCUT2D eigenvalue weighted by atomic mass is 10.0. The first-order valence-corrected chi connectivity index (χ1v) is 10.7. The lowest BCUT2D eigenvalue weighted by Crippen LogP contribution is -2.32. The number of amides is 2. The molecule has 162 valence electrons. The van der Waals surface area contributed by atoms with E-state index in [0.717, 1.165) is 16.5 Å². The molecule has 5 rings (SSSR count). The minimum Gasteiger partial charge on any atom is -0.350 e. The molecule has 0 unspecified atom stereocenters. The molecule has 6 heteroatoms. The number of fused-ring (bicyclic) bond motifs is 1. The number of imide groups is 1. The van der Waals surface area contributed by atoms with E-state index in [4.69, 9.17) is 11.6 Å². The van der Waals surface area contributed by atoms with Crippen molar-refractivity contribution >= 4 is 45.4 Å². The summed E-state index contributed by atoms with van der Waals surface area (Å²) < 4.78 is 13.3. The predicted octanol–water partition coefficient (Wildman–Crippen LogP) is 6.02. The highest BCUT2D eigenvalue weighted by Gasteiger charge is 2.39. The molecule has 4 aromatic rings. The second kappa shape index (κ2) is 8.52. The highest BCUT2D eigenvalue weighted by atomic mass is 35.5. The van der Waals surface area contributed by atoms with Gasteiger partial charge in [-0.3, -0.25) is 14.5 Å². The van der Waals surface area contributed by atoms with E-state index in [1.807, 2.05) is 42.5 Å². The molecule has 0 spiro atoms. The topological polar surface area (TPSA) is 49.4 Å². The zero-order valence-corrected chi connectivity index (χ0v) is 18.1. The van der Waals surface area contributed by atoms with Crippen LogP contribution >= 0.6 is 11.6 Å². The summed E-state index contributed by atoms with van der Waals surface area (Å²) in [6, 6.07) is 26.1. The van der Waals surface area contributed by atoms with Gasteiger partial charge in [-0.1, -0.05) is 72.3 Å². The maximum absolute atomic E-state index is 13.5. The molecule has 0 saturated heterocycles. The molecule has 0 saturated carbocycles. The van der Waals surface area contributed by atoms with E-state index >= 15 is 0 Å². The first-order chi connectivity index (χ1) is 16.0. The molecule has 0 aromatic heterocycles. The Morgan fingerprint density at radius 3 is 2.24 bits per heavy atom. The number of benzene rings is 4. The molecule has 4 nitrogen and oxygen atoms in total. The first kappa shape index (κ1) is 20.9. The van der Waals surface area contributed by atoms with Crippen molar-refractivity contribution in [2.75, 3.05) is 5.32 Å². The molecule has 0 atom stereocenters. The van der Waals surface area contributed by atoms with Gasteiger partial charge in [0.2, 0.25) is 0 Å². The van der Waals surface area contributed by atoms with E-state index in [1.54, 1.807) is 36.4 Å². The van der Waals surface area contributed by atoms with Crippen molar-refractivity contribution in [2.45, 2.75) is 6.54 Å². The van der Waals surface area contributed by atoms with Gasteiger partial charge in [-0.2, -0.15) is 0 Å². The number of halogens is 2. The molecule has 4 aromatic carbocycles. The molecule has 0 bridgehead atoms. The summed E-state index contributed by atoms with van der Waals surface area (Å²) in [7, 11) is 0. The van der Waals surface area contributed by atoms with Crippen LogP contribution in [-0.4, -0.2) is 16.7 Å². The molecule has 0 radical (unpaired) electrons. The normalized spacial score (nSPS) is 13.8. The van der Waals surface area contributed by atoms with Gasteiger partial charge in [-0.25, -0.2) is 4.39 Å². The Morgan fingerprint density at radius 2 is 1.48 bits per heavy atom. The van der Waals surface area contributed by atoms with Gasteiger partial charge in [0.05, 0.1) is 12.1 Å². The second-order valence-corrected chi connectivity index (χ2v) is 8.17. The second-order valence-electron chi connectivity index (χ2n) is 7.73. The standard InChI is InChI=1S/C27H18ClFN2O2/c28-20-12-10-19(11-13-20)24-25(30-23-7-3-5-18-4-1-2-6-22(18)23)27(33)31(26(24)32)16-17-8-14-21(29)15-9-17/h1-15,30H,16H2. The first-order valence-electron chi connectivity index (χ1n) is 10.4. The van der Waals surface area contributed by atoms with Crippen molar-refractivity contribution < 1.29 is 14.0 Å². The Balaban J connectivity index is 1.58. The number of hydrogen-bond acceptors (Lipinski definition) is 3. The highest BCUT2D eigenvalue weighted by molar-refractivity contribution is 6.37. The summed E-state index contributed by atoms with van der Waals surface area (Å²) in [6.45, 7) is 0.0375. The zero-order valence-electron chi connectivity index (χ0n) is 17.4. The van der Waals surface area contributed by atoms with Crippen molar-refractivity contribution in [3.05, 3.63) is 119 Å². The number of carbonyl (C=O) groups is 2. The van der Waals surface area contributed by atoms with Crippen molar-refractivity contribution in [2.24, 2.45) is 0 Å². The third-order valence-electron chi connectivity index (χ3n) is 5.60. The molecule has 2 amide bonds. The third kappa shape index (κ3) is 3.99. The maximum Gasteiger partial charge on any atom is 0.278 e. The van der Waals surface area contributed by atoms with Crippen LogP contribution in [0.1, 0.15) is 11.1 Å². The Labute approximate surface area is 194 Å². The van der Waals surface area contributed by atoms with Gasteiger partial charge in [0.25, 0.3) is 11.8 Å². The summed E-state index contributed by atoms with van der Waals surface area (Å²) >= 11 is 6.04. The van der Waals surface area contributed by atoms with Gasteiger partial charge in [-0.05, 0) is 46.8 Å². The van der Waals surface area contributed by atoms with Crippen LogP contribution in [0.25, 0.3) is 16.3 Å². The average Bonchev–Trinajstić information content (AvgIpc) is 3.05.